The lowest BCUT2D eigenvalue weighted by molar-refractivity contribution is 0.434. The van der Waals surface area contributed by atoms with Crippen molar-refractivity contribution in [2.24, 2.45) is 0 Å². The molecule has 0 atom stereocenters. The lowest BCUT2D eigenvalue weighted by Gasteiger charge is -2.33. The van der Waals surface area contributed by atoms with Gasteiger partial charge in [-0.15, -0.1) is 0 Å². The molecule has 2 heteroatoms. The maximum Gasteiger partial charge on any atom is 0.0995 e. The van der Waals surface area contributed by atoms with Crippen LogP contribution < -0.4 is 5.32 Å². The summed E-state index contributed by atoms with van der Waals surface area (Å²) in [5, 5.41) is 12.3. The summed E-state index contributed by atoms with van der Waals surface area (Å²) in [6.07, 6.45) is 0. The van der Waals surface area contributed by atoms with E-state index in [2.05, 4.69) is 31.3 Å². The lowest BCUT2D eigenvalue weighted by atomic mass is 9.78. The standard InChI is InChI=1S/C12H14N2/c1-12(2)8-14-7-10-9(6-13)4-3-5-11(10)12/h3-5,14H,7-8H2,1-2H3. The Kier molecular flexibility index (Phi) is 2.05. The molecule has 14 heavy (non-hydrogen) atoms. The molecule has 0 spiro atoms. The molecule has 0 saturated heterocycles. The Morgan fingerprint density at radius 3 is 2.93 bits per heavy atom. The summed E-state index contributed by atoms with van der Waals surface area (Å²) in [4.78, 5) is 0. The van der Waals surface area contributed by atoms with E-state index in [0.29, 0.717) is 0 Å². The second-order valence-electron chi connectivity index (χ2n) is 4.43. The molecule has 0 saturated carbocycles. The van der Waals surface area contributed by atoms with Gasteiger partial charge in [0.1, 0.15) is 0 Å². The minimum absolute atomic E-state index is 0.139. The normalized spacial score (nSPS) is 18.4. The molecule has 2 rings (SSSR count). The van der Waals surface area contributed by atoms with E-state index in [9.17, 15) is 0 Å². The van der Waals surface area contributed by atoms with Crippen LogP contribution in [-0.2, 0) is 12.0 Å². The summed E-state index contributed by atoms with van der Waals surface area (Å²) >= 11 is 0. The van der Waals surface area contributed by atoms with Gasteiger partial charge in [0.15, 0.2) is 0 Å². The Morgan fingerprint density at radius 2 is 2.21 bits per heavy atom. The first-order valence-electron chi connectivity index (χ1n) is 4.88. The van der Waals surface area contributed by atoms with Gasteiger partial charge in [-0.05, 0) is 17.2 Å². The topological polar surface area (TPSA) is 35.8 Å². The van der Waals surface area contributed by atoms with E-state index in [-0.39, 0.29) is 5.41 Å². The predicted octanol–water partition coefficient (Wildman–Crippen LogP) is 1.94. The first-order chi connectivity index (χ1) is 6.65. The number of rotatable bonds is 0. The summed E-state index contributed by atoms with van der Waals surface area (Å²) in [5.74, 6) is 0. The van der Waals surface area contributed by atoms with Gasteiger partial charge in [-0.2, -0.15) is 5.26 Å². The Morgan fingerprint density at radius 1 is 1.43 bits per heavy atom. The van der Waals surface area contributed by atoms with E-state index in [4.69, 9.17) is 5.26 Å². The fraction of sp³-hybridized carbons (Fsp3) is 0.417. The number of nitrogens with one attached hydrogen (secondary N) is 1. The zero-order valence-corrected chi connectivity index (χ0v) is 8.59. The second-order valence-corrected chi connectivity index (χ2v) is 4.43. The molecule has 0 radical (unpaired) electrons. The van der Waals surface area contributed by atoms with Gasteiger partial charge in [0, 0.05) is 18.5 Å². The quantitative estimate of drug-likeness (QED) is 0.672. The minimum Gasteiger partial charge on any atom is -0.312 e. The number of hydrogen-bond donors (Lipinski definition) is 1. The maximum absolute atomic E-state index is 8.99. The predicted molar refractivity (Wildman–Crippen MR) is 55.9 cm³/mol. The van der Waals surface area contributed by atoms with Gasteiger partial charge in [0.05, 0.1) is 11.6 Å². The van der Waals surface area contributed by atoms with Crippen molar-refractivity contribution >= 4 is 0 Å². The van der Waals surface area contributed by atoms with E-state index in [1.54, 1.807) is 0 Å². The highest BCUT2D eigenvalue weighted by molar-refractivity contribution is 5.47. The molecule has 1 aromatic rings. The van der Waals surface area contributed by atoms with Crippen molar-refractivity contribution < 1.29 is 0 Å². The van der Waals surface area contributed by atoms with Gasteiger partial charge >= 0.3 is 0 Å². The molecule has 1 aromatic carbocycles. The molecule has 0 unspecified atom stereocenters. The first-order valence-corrected chi connectivity index (χ1v) is 4.88. The van der Waals surface area contributed by atoms with Crippen LogP contribution in [-0.4, -0.2) is 6.54 Å². The van der Waals surface area contributed by atoms with Gasteiger partial charge in [-0.1, -0.05) is 26.0 Å². The van der Waals surface area contributed by atoms with E-state index in [1.807, 2.05) is 12.1 Å². The summed E-state index contributed by atoms with van der Waals surface area (Å²) in [6.45, 7) is 6.22. The maximum atomic E-state index is 8.99. The van der Waals surface area contributed by atoms with Crippen LogP contribution in [0.25, 0.3) is 0 Å². The van der Waals surface area contributed by atoms with Crippen molar-refractivity contribution in [1.82, 2.24) is 5.32 Å². The van der Waals surface area contributed by atoms with Crippen molar-refractivity contribution in [3.05, 3.63) is 34.9 Å². The zero-order chi connectivity index (χ0) is 10.2. The van der Waals surface area contributed by atoms with Gasteiger partial charge in [-0.25, -0.2) is 0 Å². The third kappa shape index (κ3) is 1.30. The summed E-state index contributed by atoms with van der Waals surface area (Å²) in [5.41, 5.74) is 3.44. The molecule has 72 valence electrons. The zero-order valence-electron chi connectivity index (χ0n) is 8.59. The van der Waals surface area contributed by atoms with Crippen LogP contribution in [0, 0.1) is 11.3 Å². The van der Waals surface area contributed by atoms with Crippen LogP contribution in [0.3, 0.4) is 0 Å². The number of nitriles is 1. The summed E-state index contributed by atoms with van der Waals surface area (Å²) in [7, 11) is 0. The molecule has 1 heterocycles. The van der Waals surface area contributed by atoms with Gasteiger partial charge < -0.3 is 5.32 Å². The van der Waals surface area contributed by atoms with Crippen molar-refractivity contribution in [1.29, 1.82) is 5.26 Å². The Hall–Kier alpha value is -1.33. The number of nitrogens with zero attached hydrogens (tertiary/aromatic N) is 1. The number of hydrogen-bond acceptors (Lipinski definition) is 2. The highest BCUT2D eigenvalue weighted by Gasteiger charge is 2.28. The SMILES string of the molecule is CC1(C)CNCc2c(C#N)cccc21. The van der Waals surface area contributed by atoms with E-state index >= 15 is 0 Å². The minimum atomic E-state index is 0.139. The molecule has 1 aliphatic rings. The highest BCUT2D eigenvalue weighted by Crippen LogP contribution is 2.30. The average molecular weight is 186 g/mol. The Bertz CT molecular complexity index is 399. The number of fused-ring (bicyclic) bond motifs is 1. The van der Waals surface area contributed by atoms with E-state index < -0.39 is 0 Å². The third-order valence-electron chi connectivity index (χ3n) is 2.89. The van der Waals surface area contributed by atoms with Crippen LogP contribution in [0.2, 0.25) is 0 Å². The van der Waals surface area contributed by atoms with Crippen LogP contribution in [0.5, 0.6) is 0 Å². The summed E-state index contributed by atoms with van der Waals surface area (Å²) in [6, 6.07) is 8.26. The van der Waals surface area contributed by atoms with Crippen molar-refractivity contribution in [2.45, 2.75) is 25.8 Å². The molecule has 1 N–H and O–H groups in total. The van der Waals surface area contributed by atoms with Crippen LogP contribution in [0.15, 0.2) is 18.2 Å². The van der Waals surface area contributed by atoms with Crippen LogP contribution >= 0.6 is 0 Å². The average Bonchev–Trinajstić information content (AvgIpc) is 2.17. The van der Waals surface area contributed by atoms with E-state index in [1.165, 1.54) is 11.1 Å². The summed E-state index contributed by atoms with van der Waals surface area (Å²) < 4.78 is 0. The third-order valence-corrected chi connectivity index (χ3v) is 2.89. The molecular formula is C12H14N2. The molecule has 0 fully saturated rings. The van der Waals surface area contributed by atoms with Gasteiger partial charge in [0.25, 0.3) is 0 Å². The van der Waals surface area contributed by atoms with Crippen molar-refractivity contribution in [2.75, 3.05) is 6.54 Å². The fourth-order valence-corrected chi connectivity index (χ4v) is 2.11. The Labute approximate surface area is 84.6 Å². The highest BCUT2D eigenvalue weighted by atomic mass is 14.9. The van der Waals surface area contributed by atoms with Gasteiger partial charge in [-0.3, -0.25) is 0 Å². The first kappa shape index (κ1) is 9.23. The monoisotopic (exact) mass is 186 g/mol. The van der Waals surface area contributed by atoms with Crippen molar-refractivity contribution in [3.8, 4) is 6.07 Å². The van der Waals surface area contributed by atoms with Crippen LogP contribution in [0.4, 0.5) is 0 Å². The van der Waals surface area contributed by atoms with Gasteiger partial charge in [0.2, 0.25) is 0 Å². The largest absolute Gasteiger partial charge is 0.312 e. The smallest absolute Gasteiger partial charge is 0.0995 e. The second kappa shape index (κ2) is 3.11. The molecule has 0 aromatic heterocycles. The molecule has 1 aliphatic heterocycles. The van der Waals surface area contributed by atoms with Crippen LogP contribution in [0.1, 0.15) is 30.5 Å². The molecule has 2 nitrogen and oxygen atoms in total. The molecule has 0 bridgehead atoms. The Balaban J connectivity index is 2.62. The molecule has 0 aliphatic carbocycles. The lowest BCUT2D eigenvalue weighted by Crippen LogP contribution is -2.39. The fourth-order valence-electron chi connectivity index (χ4n) is 2.11. The molecular weight excluding hydrogens is 172 g/mol. The molecule has 0 amide bonds. The van der Waals surface area contributed by atoms with E-state index in [0.717, 1.165) is 18.7 Å². The van der Waals surface area contributed by atoms with Crippen molar-refractivity contribution in [3.63, 3.8) is 0 Å². The number of benzene rings is 1.